The molecule has 2 N–H and O–H groups in total. The number of amides is 1. The quantitative estimate of drug-likeness (QED) is 0.567. The van der Waals surface area contributed by atoms with E-state index in [0.29, 0.717) is 5.91 Å². The van der Waals surface area contributed by atoms with E-state index in [9.17, 15) is 31.1 Å². The number of hydrogen-bond donors (Lipinski definition) is 2. The van der Waals surface area contributed by atoms with Crippen molar-refractivity contribution in [2.75, 3.05) is 19.6 Å². The van der Waals surface area contributed by atoms with Crippen LogP contribution in [0.3, 0.4) is 0 Å². The van der Waals surface area contributed by atoms with Crippen LogP contribution in [0.5, 0.6) is 0 Å². The number of likely N-dealkylation sites (tertiary alicyclic amines) is 2. The largest absolute Gasteiger partial charge is 0.490 e. The predicted octanol–water partition coefficient (Wildman–Crippen LogP) is 3.78. The first-order valence-corrected chi connectivity index (χ1v) is 11.5. The number of halogens is 6. The van der Waals surface area contributed by atoms with Crippen molar-refractivity contribution >= 4 is 29.2 Å². The molecule has 1 amide bonds. The minimum atomic E-state index is -5.08. The highest BCUT2D eigenvalue weighted by Gasteiger charge is 2.48. The lowest BCUT2D eigenvalue weighted by molar-refractivity contribution is -0.193. The summed E-state index contributed by atoms with van der Waals surface area (Å²) in [4.78, 5) is 39.3. The first-order valence-electron chi connectivity index (χ1n) is 10.7. The topological polar surface area (TPSA) is 111 Å². The summed E-state index contributed by atoms with van der Waals surface area (Å²) >= 11 is 1.74. The fourth-order valence-corrected chi connectivity index (χ4v) is 4.67. The standard InChI is InChI=1S/C16H23N3OS.2C2HF3O2/c20-15-4-6-16(19(15)10-13-2-3-13)5-1-8-18(12-16)11-14-17-7-9-21-14;2*3-2(4,5)1(6)7/h7,9,13H,1-6,8,10-12H2;2*(H,6,7). The van der Waals surface area contributed by atoms with Crippen molar-refractivity contribution in [3.8, 4) is 0 Å². The van der Waals surface area contributed by atoms with Gasteiger partial charge in [0.25, 0.3) is 0 Å². The van der Waals surface area contributed by atoms with Gasteiger partial charge in [-0.2, -0.15) is 26.3 Å². The Balaban J connectivity index is 0.000000257. The van der Waals surface area contributed by atoms with Crippen LogP contribution in [0.25, 0.3) is 0 Å². The summed E-state index contributed by atoms with van der Waals surface area (Å²) < 4.78 is 63.5. The molecule has 0 bridgehead atoms. The molecular formula is C20H25F6N3O5S. The van der Waals surface area contributed by atoms with E-state index in [1.54, 1.807) is 11.3 Å². The molecule has 0 radical (unpaired) electrons. The summed E-state index contributed by atoms with van der Waals surface area (Å²) in [6.45, 7) is 4.16. The van der Waals surface area contributed by atoms with Gasteiger partial charge in [-0.25, -0.2) is 14.6 Å². The molecule has 1 aromatic rings. The zero-order chi connectivity index (χ0) is 26.4. The van der Waals surface area contributed by atoms with E-state index in [0.717, 1.165) is 44.9 Å². The van der Waals surface area contributed by atoms with Crippen LogP contribution >= 0.6 is 11.3 Å². The van der Waals surface area contributed by atoms with Gasteiger partial charge in [0.1, 0.15) is 5.01 Å². The van der Waals surface area contributed by atoms with Gasteiger partial charge in [0.05, 0.1) is 12.1 Å². The second-order valence-electron chi connectivity index (χ2n) is 8.52. The lowest BCUT2D eigenvalue weighted by Crippen LogP contribution is -2.56. The van der Waals surface area contributed by atoms with Gasteiger partial charge in [-0.05, 0) is 44.6 Å². The molecule has 2 aliphatic heterocycles. The SMILES string of the molecule is O=C(O)C(F)(F)F.O=C(O)C(F)(F)F.O=C1CCC2(CCCN(Cc3nccs3)C2)N1CC1CC1. The van der Waals surface area contributed by atoms with Crippen LogP contribution in [-0.2, 0) is 20.9 Å². The Bertz CT molecular complexity index is 852. The molecule has 198 valence electrons. The average molecular weight is 533 g/mol. The molecule has 4 rings (SSSR count). The minimum Gasteiger partial charge on any atom is -0.475 e. The van der Waals surface area contributed by atoms with Crippen LogP contribution in [0, 0.1) is 5.92 Å². The number of piperidine rings is 1. The molecule has 35 heavy (non-hydrogen) atoms. The summed E-state index contributed by atoms with van der Waals surface area (Å²) in [5.41, 5.74) is 0.134. The lowest BCUT2D eigenvalue weighted by atomic mass is 9.86. The third-order valence-corrected chi connectivity index (χ3v) is 6.54. The first-order chi connectivity index (χ1) is 16.1. The smallest absolute Gasteiger partial charge is 0.475 e. The molecule has 1 unspecified atom stereocenters. The van der Waals surface area contributed by atoms with E-state index in [-0.39, 0.29) is 5.54 Å². The molecule has 3 aliphatic rings. The summed E-state index contributed by atoms with van der Waals surface area (Å²) in [5.74, 6) is -4.32. The number of aromatic nitrogens is 1. The Morgan fingerprint density at radius 1 is 1.09 bits per heavy atom. The second-order valence-corrected chi connectivity index (χ2v) is 9.50. The maximum atomic E-state index is 12.3. The van der Waals surface area contributed by atoms with E-state index in [1.165, 1.54) is 30.7 Å². The van der Waals surface area contributed by atoms with Crippen molar-refractivity contribution in [2.24, 2.45) is 5.92 Å². The van der Waals surface area contributed by atoms with E-state index >= 15 is 0 Å². The lowest BCUT2D eigenvalue weighted by Gasteiger charge is -2.46. The van der Waals surface area contributed by atoms with Crippen molar-refractivity contribution < 1.29 is 50.9 Å². The number of thiazole rings is 1. The molecule has 1 atom stereocenters. The molecule has 1 aliphatic carbocycles. The van der Waals surface area contributed by atoms with Crippen molar-refractivity contribution in [3.63, 3.8) is 0 Å². The predicted molar refractivity (Wildman–Crippen MR) is 110 cm³/mol. The molecule has 1 spiro atoms. The summed E-state index contributed by atoms with van der Waals surface area (Å²) in [5, 5.41) is 17.5. The van der Waals surface area contributed by atoms with Crippen molar-refractivity contribution in [1.82, 2.24) is 14.8 Å². The summed E-state index contributed by atoms with van der Waals surface area (Å²) in [7, 11) is 0. The van der Waals surface area contributed by atoms with Gasteiger partial charge in [0.2, 0.25) is 5.91 Å². The summed E-state index contributed by atoms with van der Waals surface area (Å²) in [6, 6.07) is 0. The van der Waals surface area contributed by atoms with Gasteiger partial charge in [0, 0.05) is 31.1 Å². The number of alkyl halides is 6. The number of hydrogen-bond acceptors (Lipinski definition) is 6. The Labute approximate surface area is 200 Å². The fraction of sp³-hybridized carbons (Fsp3) is 0.700. The Hall–Kier alpha value is -2.42. The average Bonchev–Trinajstić information content (AvgIpc) is 3.35. The van der Waals surface area contributed by atoms with Gasteiger partial charge < -0.3 is 15.1 Å². The van der Waals surface area contributed by atoms with Gasteiger partial charge in [0.15, 0.2) is 0 Å². The van der Waals surface area contributed by atoms with E-state index in [4.69, 9.17) is 19.8 Å². The van der Waals surface area contributed by atoms with Crippen LogP contribution in [0.1, 0.15) is 43.5 Å². The highest BCUT2D eigenvalue weighted by Crippen LogP contribution is 2.41. The van der Waals surface area contributed by atoms with E-state index in [1.807, 2.05) is 11.6 Å². The number of carbonyl (C=O) groups is 3. The molecule has 3 fully saturated rings. The number of nitrogens with zero attached hydrogens (tertiary/aromatic N) is 3. The van der Waals surface area contributed by atoms with Crippen LogP contribution in [0.4, 0.5) is 26.3 Å². The maximum absolute atomic E-state index is 12.3. The minimum absolute atomic E-state index is 0.134. The number of carboxylic acids is 2. The third kappa shape index (κ3) is 8.94. The molecule has 2 saturated heterocycles. The second kappa shape index (κ2) is 11.5. The van der Waals surface area contributed by atoms with Gasteiger partial charge in [-0.3, -0.25) is 9.69 Å². The van der Waals surface area contributed by atoms with Gasteiger partial charge in [-0.1, -0.05) is 0 Å². The molecule has 1 aromatic heterocycles. The molecule has 1 saturated carbocycles. The van der Waals surface area contributed by atoms with Crippen LogP contribution < -0.4 is 0 Å². The summed E-state index contributed by atoms with van der Waals surface area (Å²) in [6.07, 6.45) is -1.41. The maximum Gasteiger partial charge on any atom is 0.490 e. The zero-order valence-electron chi connectivity index (χ0n) is 18.4. The number of carbonyl (C=O) groups excluding carboxylic acids is 1. The highest BCUT2D eigenvalue weighted by molar-refractivity contribution is 7.09. The Morgan fingerprint density at radius 2 is 1.66 bits per heavy atom. The molecule has 3 heterocycles. The van der Waals surface area contributed by atoms with Crippen LogP contribution in [-0.4, -0.2) is 80.4 Å². The van der Waals surface area contributed by atoms with Gasteiger partial charge in [-0.15, -0.1) is 11.3 Å². The van der Waals surface area contributed by atoms with Gasteiger partial charge >= 0.3 is 24.3 Å². The van der Waals surface area contributed by atoms with Crippen molar-refractivity contribution in [2.45, 2.75) is 63.0 Å². The van der Waals surface area contributed by atoms with Crippen LogP contribution in [0.15, 0.2) is 11.6 Å². The third-order valence-electron chi connectivity index (χ3n) is 5.78. The van der Waals surface area contributed by atoms with Crippen LogP contribution in [0.2, 0.25) is 0 Å². The van der Waals surface area contributed by atoms with Crippen molar-refractivity contribution in [1.29, 1.82) is 0 Å². The van der Waals surface area contributed by atoms with E-state index in [2.05, 4.69) is 14.8 Å². The van der Waals surface area contributed by atoms with E-state index < -0.39 is 24.3 Å². The molecular weight excluding hydrogens is 508 g/mol. The zero-order valence-corrected chi connectivity index (χ0v) is 19.3. The highest BCUT2D eigenvalue weighted by atomic mass is 32.1. The molecule has 0 aromatic carbocycles. The fourth-order valence-electron chi connectivity index (χ4n) is 4.02. The molecule has 15 heteroatoms. The number of aliphatic carboxylic acids is 2. The monoisotopic (exact) mass is 533 g/mol. The van der Waals surface area contributed by atoms with Crippen molar-refractivity contribution in [3.05, 3.63) is 16.6 Å². The first kappa shape index (κ1) is 28.8. The normalized spacial score (nSPS) is 22.8. The Kier molecular flexibility index (Phi) is 9.50. The Morgan fingerprint density at radius 3 is 2.11 bits per heavy atom. The number of carboxylic acid groups (broad SMARTS) is 2. The number of rotatable bonds is 4. The molecule has 8 nitrogen and oxygen atoms in total.